The molecule has 2 aliphatic rings. The molecule has 8 heteroatoms. The molecule has 7 rings (SSSR count). The SMILES string of the molecule is CN1CCC[C@@H]1c1ncc(-c2ccc(-c3ccc(-c4cnc([C@H]5CCCN5C(=O)OCc5ccccc5)[nH]4)cc3)cc2)[nH]1. The number of carbonyl (C=O) groups excluding carboxylic acids is 1. The van der Waals surface area contributed by atoms with Crippen LogP contribution in [-0.2, 0) is 11.3 Å². The molecule has 2 N–H and O–H groups in total. The molecule has 0 bridgehead atoms. The van der Waals surface area contributed by atoms with E-state index in [1.54, 1.807) is 4.90 Å². The first-order chi connectivity index (χ1) is 21.1. The number of likely N-dealkylation sites (tertiary alicyclic amines) is 2. The lowest BCUT2D eigenvalue weighted by Gasteiger charge is -2.22. The molecule has 0 saturated carbocycles. The molecular formula is C35H36N6O2. The van der Waals surface area contributed by atoms with Crippen LogP contribution in [0, 0.1) is 0 Å². The highest BCUT2D eigenvalue weighted by molar-refractivity contribution is 5.72. The normalized spacial score (nSPS) is 18.8. The Bertz CT molecular complexity index is 1680. The third-order valence-electron chi connectivity index (χ3n) is 8.76. The summed E-state index contributed by atoms with van der Waals surface area (Å²) in [5, 5.41) is 0. The van der Waals surface area contributed by atoms with Crippen LogP contribution < -0.4 is 0 Å². The van der Waals surface area contributed by atoms with Crippen molar-refractivity contribution in [1.29, 1.82) is 0 Å². The number of aromatic nitrogens is 4. The highest BCUT2D eigenvalue weighted by Crippen LogP contribution is 2.33. The monoisotopic (exact) mass is 572 g/mol. The second kappa shape index (κ2) is 11.9. The number of rotatable bonds is 7. The van der Waals surface area contributed by atoms with Gasteiger partial charge in [-0.2, -0.15) is 0 Å². The minimum atomic E-state index is -0.297. The van der Waals surface area contributed by atoms with Crippen LogP contribution >= 0.6 is 0 Å². The van der Waals surface area contributed by atoms with E-state index >= 15 is 0 Å². The second-order valence-electron chi connectivity index (χ2n) is 11.5. The number of nitrogens with one attached hydrogen (secondary N) is 2. The molecule has 2 atom stereocenters. The van der Waals surface area contributed by atoms with Gasteiger partial charge in [0.1, 0.15) is 18.3 Å². The van der Waals surface area contributed by atoms with Crippen LogP contribution in [0.1, 0.15) is 55.0 Å². The summed E-state index contributed by atoms with van der Waals surface area (Å²) in [5.41, 5.74) is 7.46. The lowest BCUT2D eigenvalue weighted by atomic mass is 10.0. The van der Waals surface area contributed by atoms with Gasteiger partial charge in [-0.25, -0.2) is 14.8 Å². The number of aromatic amines is 2. The zero-order valence-corrected chi connectivity index (χ0v) is 24.4. The van der Waals surface area contributed by atoms with E-state index in [4.69, 9.17) is 4.74 Å². The lowest BCUT2D eigenvalue weighted by Crippen LogP contribution is -2.31. The van der Waals surface area contributed by atoms with Gasteiger partial charge in [-0.15, -0.1) is 0 Å². The predicted molar refractivity (Wildman–Crippen MR) is 167 cm³/mol. The number of imidazole rings is 2. The summed E-state index contributed by atoms with van der Waals surface area (Å²) in [7, 11) is 2.17. The van der Waals surface area contributed by atoms with Gasteiger partial charge in [0, 0.05) is 6.54 Å². The van der Waals surface area contributed by atoms with Gasteiger partial charge in [-0.05, 0) is 67.1 Å². The molecule has 2 fully saturated rings. The summed E-state index contributed by atoms with van der Waals surface area (Å²) < 4.78 is 5.61. The van der Waals surface area contributed by atoms with Crippen molar-refractivity contribution >= 4 is 6.09 Å². The average molecular weight is 573 g/mol. The molecule has 0 aliphatic carbocycles. The smallest absolute Gasteiger partial charge is 0.410 e. The van der Waals surface area contributed by atoms with Crippen molar-refractivity contribution in [3.63, 3.8) is 0 Å². The van der Waals surface area contributed by atoms with Crippen LogP contribution in [0.5, 0.6) is 0 Å². The van der Waals surface area contributed by atoms with Crippen molar-refractivity contribution in [3.8, 4) is 33.6 Å². The summed E-state index contributed by atoms with van der Waals surface area (Å²) in [6, 6.07) is 27.2. The molecule has 8 nitrogen and oxygen atoms in total. The Hall–Kier alpha value is -4.69. The van der Waals surface area contributed by atoms with Gasteiger partial charge in [-0.1, -0.05) is 78.9 Å². The van der Waals surface area contributed by atoms with E-state index in [-0.39, 0.29) is 18.7 Å². The zero-order valence-electron chi connectivity index (χ0n) is 24.4. The molecule has 0 radical (unpaired) electrons. The summed E-state index contributed by atoms with van der Waals surface area (Å²) in [5.74, 6) is 1.85. The Morgan fingerprint density at radius 1 is 0.744 bits per heavy atom. The number of H-pyrrole nitrogens is 2. The molecular weight excluding hydrogens is 536 g/mol. The molecule has 3 aromatic carbocycles. The molecule has 0 spiro atoms. The second-order valence-corrected chi connectivity index (χ2v) is 11.5. The van der Waals surface area contributed by atoms with E-state index in [1.807, 2.05) is 42.7 Å². The van der Waals surface area contributed by atoms with Gasteiger partial charge in [0.15, 0.2) is 0 Å². The zero-order chi connectivity index (χ0) is 29.2. The van der Waals surface area contributed by atoms with Gasteiger partial charge in [0.2, 0.25) is 0 Å². The van der Waals surface area contributed by atoms with Crippen molar-refractivity contribution in [2.24, 2.45) is 0 Å². The van der Waals surface area contributed by atoms with E-state index in [2.05, 4.69) is 80.4 Å². The van der Waals surface area contributed by atoms with Crippen molar-refractivity contribution in [3.05, 3.63) is 108 Å². The number of ether oxygens (including phenoxy) is 1. The van der Waals surface area contributed by atoms with E-state index in [1.165, 1.54) is 6.42 Å². The number of benzene rings is 3. The van der Waals surface area contributed by atoms with Gasteiger partial charge in [0.05, 0.1) is 35.9 Å². The van der Waals surface area contributed by atoms with Crippen molar-refractivity contribution in [2.45, 2.75) is 44.4 Å². The third-order valence-corrected chi connectivity index (χ3v) is 8.76. The van der Waals surface area contributed by atoms with Crippen LogP contribution in [0.4, 0.5) is 4.79 Å². The van der Waals surface area contributed by atoms with Crippen molar-refractivity contribution in [2.75, 3.05) is 20.1 Å². The largest absolute Gasteiger partial charge is 0.445 e. The fourth-order valence-corrected chi connectivity index (χ4v) is 6.32. The highest BCUT2D eigenvalue weighted by Gasteiger charge is 2.33. The quantitative estimate of drug-likeness (QED) is 0.212. The van der Waals surface area contributed by atoms with Crippen LogP contribution in [-0.4, -0.2) is 56.0 Å². The first-order valence-corrected chi connectivity index (χ1v) is 15.1. The third kappa shape index (κ3) is 5.70. The Morgan fingerprint density at radius 3 is 1.86 bits per heavy atom. The Labute approximate surface area is 251 Å². The topological polar surface area (TPSA) is 90.1 Å². The van der Waals surface area contributed by atoms with Crippen molar-refractivity contribution < 1.29 is 9.53 Å². The molecule has 2 saturated heterocycles. The van der Waals surface area contributed by atoms with Gasteiger partial charge >= 0.3 is 6.09 Å². The maximum atomic E-state index is 12.9. The minimum Gasteiger partial charge on any atom is -0.445 e. The van der Waals surface area contributed by atoms with E-state index < -0.39 is 0 Å². The molecule has 2 aliphatic heterocycles. The molecule has 218 valence electrons. The maximum absolute atomic E-state index is 12.9. The molecule has 5 aromatic rings. The van der Waals surface area contributed by atoms with Crippen molar-refractivity contribution in [1.82, 2.24) is 29.7 Å². The van der Waals surface area contributed by atoms with Crippen LogP contribution in [0.25, 0.3) is 33.6 Å². The predicted octanol–water partition coefficient (Wildman–Crippen LogP) is 7.37. The van der Waals surface area contributed by atoms with Crippen LogP contribution in [0.3, 0.4) is 0 Å². The number of nitrogens with zero attached hydrogens (tertiary/aromatic N) is 4. The fourth-order valence-electron chi connectivity index (χ4n) is 6.32. The number of hydrogen-bond acceptors (Lipinski definition) is 5. The fraction of sp³-hybridized carbons (Fsp3) is 0.286. The number of amides is 1. The highest BCUT2D eigenvalue weighted by atomic mass is 16.6. The van der Waals surface area contributed by atoms with Crippen LogP contribution in [0.15, 0.2) is 91.3 Å². The summed E-state index contributed by atoms with van der Waals surface area (Å²) in [4.78, 5) is 33.4. The summed E-state index contributed by atoms with van der Waals surface area (Å²) in [6.07, 6.45) is 7.66. The molecule has 0 unspecified atom stereocenters. The van der Waals surface area contributed by atoms with Gasteiger partial charge < -0.3 is 14.7 Å². The molecule has 2 aromatic heterocycles. The van der Waals surface area contributed by atoms with E-state index in [9.17, 15) is 4.79 Å². The maximum Gasteiger partial charge on any atom is 0.410 e. The first-order valence-electron chi connectivity index (χ1n) is 15.1. The Morgan fingerprint density at radius 2 is 1.28 bits per heavy atom. The minimum absolute atomic E-state index is 0.111. The van der Waals surface area contributed by atoms with Gasteiger partial charge in [0.25, 0.3) is 0 Å². The number of hydrogen-bond donors (Lipinski definition) is 2. The summed E-state index contributed by atoms with van der Waals surface area (Å²) in [6.45, 7) is 2.06. The molecule has 4 heterocycles. The Kier molecular flexibility index (Phi) is 7.51. The average Bonchev–Trinajstić information content (AvgIpc) is 3.87. The number of carbonyl (C=O) groups is 1. The standard InChI is InChI=1S/C35H36N6O2/c1-40-19-5-9-31(40)33-36-21-29(38-33)27-15-11-25(12-16-27)26-13-17-28(18-14-26)30-22-37-34(39-30)32-10-6-20-41(32)35(42)43-23-24-7-3-2-4-8-24/h2-4,7-8,11-18,21-22,31-32H,5-6,9-10,19-20,23H2,1H3,(H,36,38)(H,37,39)/t31-,32-/m1/s1. The lowest BCUT2D eigenvalue weighted by molar-refractivity contribution is 0.0910. The molecule has 1 amide bonds. The Balaban J connectivity index is 1.00. The van der Waals surface area contributed by atoms with E-state index in [0.29, 0.717) is 12.6 Å². The summed E-state index contributed by atoms with van der Waals surface area (Å²) >= 11 is 0. The first kappa shape index (κ1) is 27.2. The molecule has 43 heavy (non-hydrogen) atoms. The van der Waals surface area contributed by atoms with Gasteiger partial charge in [-0.3, -0.25) is 9.80 Å². The van der Waals surface area contributed by atoms with Crippen LogP contribution in [0.2, 0.25) is 0 Å². The van der Waals surface area contributed by atoms with E-state index in [0.717, 1.165) is 76.7 Å².